The molecule has 0 aromatic carbocycles. The van der Waals surface area contributed by atoms with E-state index in [0.717, 1.165) is 37.5 Å². The van der Waals surface area contributed by atoms with Crippen LogP contribution in [0.4, 0.5) is 0 Å². The normalized spacial score (nSPS) is 19.0. The van der Waals surface area contributed by atoms with Gasteiger partial charge in [0.05, 0.1) is 12.3 Å². The Balaban J connectivity index is 1.76. The van der Waals surface area contributed by atoms with Gasteiger partial charge >= 0.3 is 0 Å². The number of hydrogen-bond acceptors (Lipinski definition) is 5. The van der Waals surface area contributed by atoms with Gasteiger partial charge in [-0.15, -0.1) is 0 Å². The molecule has 1 aromatic rings. The zero-order valence-electron chi connectivity index (χ0n) is 13.0. The molecule has 7 nitrogen and oxygen atoms in total. The minimum Gasteiger partial charge on any atom is -0.312 e. The minimum atomic E-state index is -3.08. The topological polar surface area (TPSA) is 80.1 Å². The van der Waals surface area contributed by atoms with Gasteiger partial charge in [-0.1, -0.05) is 6.92 Å². The fourth-order valence-corrected chi connectivity index (χ4v) is 3.29. The molecule has 1 aromatic heterocycles. The van der Waals surface area contributed by atoms with Crippen molar-refractivity contribution in [2.24, 2.45) is 0 Å². The van der Waals surface area contributed by atoms with Crippen LogP contribution in [0.1, 0.15) is 31.4 Å². The van der Waals surface area contributed by atoms with Crippen LogP contribution in [-0.2, 0) is 29.4 Å². The second kappa shape index (κ2) is 6.85. The number of aryl methyl sites for hydroxylation is 2. The Morgan fingerprint density at radius 1 is 1.43 bits per heavy atom. The van der Waals surface area contributed by atoms with Gasteiger partial charge in [0.25, 0.3) is 0 Å². The lowest BCUT2D eigenvalue weighted by Gasteiger charge is -2.23. The molecule has 120 valence electrons. The van der Waals surface area contributed by atoms with E-state index in [4.69, 9.17) is 0 Å². The number of hydrogen-bond donors (Lipinski definition) is 1. The van der Waals surface area contributed by atoms with E-state index < -0.39 is 10.0 Å². The molecule has 0 bridgehead atoms. The van der Waals surface area contributed by atoms with Crippen LogP contribution in [0.25, 0.3) is 0 Å². The van der Waals surface area contributed by atoms with Crippen molar-refractivity contribution in [2.45, 2.75) is 45.2 Å². The molecular formula is C13H25N5O2S. The lowest BCUT2D eigenvalue weighted by molar-refractivity contribution is 0.359. The number of nitrogens with one attached hydrogen (secondary N) is 1. The van der Waals surface area contributed by atoms with E-state index in [1.54, 1.807) is 14.1 Å². The summed E-state index contributed by atoms with van der Waals surface area (Å²) in [4.78, 5) is 4.49. The highest BCUT2D eigenvalue weighted by Crippen LogP contribution is 2.13. The van der Waals surface area contributed by atoms with Gasteiger partial charge < -0.3 is 5.32 Å². The van der Waals surface area contributed by atoms with E-state index in [1.807, 2.05) is 4.68 Å². The zero-order chi connectivity index (χ0) is 15.5. The average Bonchev–Trinajstić information content (AvgIpc) is 2.85. The van der Waals surface area contributed by atoms with Gasteiger partial charge in [-0.25, -0.2) is 22.4 Å². The molecule has 0 saturated carbocycles. The lowest BCUT2D eigenvalue weighted by Crippen LogP contribution is -2.39. The van der Waals surface area contributed by atoms with E-state index in [0.29, 0.717) is 19.0 Å². The molecule has 0 fully saturated rings. The summed E-state index contributed by atoms with van der Waals surface area (Å²) in [5.41, 5.74) is 0. The average molecular weight is 315 g/mol. The summed E-state index contributed by atoms with van der Waals surface area (Å²) in [5.74, 6) is 2.16. The Kier molecular flexibility index (Phi) is 5.34. The number of sulfonamides is 1. The van der Waals surface area contributed by atoms with E-state index >= 15 is 0 Å². The Bertz CT molecular complexity index is 567. The van der Waals surface area contributed by atoms with Crippen LogP contribution in [-0.4, -0.2) is 59.9 Å². The molecule has 0 spiro atoms. The molecule has 1 aliphatic heterocycles. The highest BCUT2D eigenvalue weighted by Gasteiger charge is 2.21. The molecule has 2 heterocycles. The fraction of sp³-hybridized carbons (Fsp3) is 0.846. The largest absolute Gasteiger partial charge is 0.312 e. The van der Waals surface area contributed by atoms with E-state index in [-0.39, 0.29) is 5.75 Å². The van der Waals surface area contributed by atoms with Crippen molar-refractivity contribution in [3.8, 4) is 0 Å². The first-order valence-electron chi connectivity index (χ1n) is 7.48. The second-order valence-electron chi connectivity index (χ2n) is 5.62. The molecule has 0 amide bonds. The van der Waals surface area contributed by atoms with Crippen LogP contribution in [0, 0.1) is 0 Å². The van der Waals surface area contributed by atoms with E-state index in [9.17, 15) is 8.42 Å². The van der Waals surface area contributed by atoms with Crippen LogP contribution in [0.2, 0.25) is 0 Å². The number of rotatable bonds is 7. The van der Waals surface area contributed by atoms with Gasteiger partial charge in [0, 0.05) is 33.0 Å². The molecule has 1 unspecified atom stereocenters. The Labute approximate surface area is 126 Å². The van der Waals surface area contributed by atoms with Crippen molar-refractivity contribution in [3.05, 3.63) is 11.6 Å². The molecule has 0 saturated heterocycles. The number of aromatic nitrogens is 3. The molecular weight excluding hydrogens is 290 g/mol. The molecule has 0 aliphatic carbocycles. The Morgan fingerprint density at radius 3 is 2.86 bits per heavy atom. The van der Waals surface area contributed by atoms with Crippen LogP contribution < -0.4 is 5.32 Å². The lowest BCUT2D eigenvalue weighted by atomic mass is 10.1. The van der Waals surface area contributed by atoms with Gasteiger partial charge in [-0.05, 0) is 19.4 Å². The van der Waals surface area contributed by atoms with E-state index in [1.165, 1.54) is 4.31 Å². The van der Waals surface area contributed by atoms with Crippen LogP contribution >= 0.6 is 0 Å². The summed E-state index contributed by atoms with van der Waals surface area (Å²) < 4.78 is 26.6. The monoisotopic (exact) mass is 315 g/mol. The standard InChI is InChI=1S/C13H25N5O2S/c1-4-12-15-13-7-6-11(10-18(13)16-12)14-8-5-9-21(19,20)17(2)3/h11,14H,4-10H2,1-3H3. The molecule has 21 heavy (non-hydrogen) atoms. The second-order valence-corrected chi connectivity index (χ2v) is 7.92. The maximum Gasteiger partial charge on any atom is 0.213 e. The van der Waals surface area contributed by atoms with Crippen molar-refractivity contribution >= 4 is 10.0 Å². The van der Waals surface area contributed by atoms with Crippen molar-refractivity contribution in [2.75, 3.05) is 26.4 Å². The van der Waals surface area contributed by atoms with Crippen molar-refractivity contribution in [3.63, 3.8) is 0 Å². The third-order valence-corrected chi connectivity index (χ3v) is 5.70. The first-order valence-corrected chi connectivity index (χ1v) is 9.09. The highest BCUT2D eigenvalue weighted by molar-refractivity contribution is 7.89. The quantitative estimate of drug-likeness (QED) is 0.718. The number of fused-ring (bicyclic) bond motifs is 1. The molecule has 1 atom stereocenters. The fourth-order valence-electron chi connectivity index (χ4n) is 2.42. The third kappa shape index (κ3) is 4.24. The van der Waals surface area contributed by atoms with Crippen LogP contribution in [0.3, 0.4) is 0 Å². The summed E-state index contributed by atoms with van der Waals surface area (Å²) in [6, 6.07) is 0.353. The van der Waals surface area contributed by atoms with E-state index in [2.05, 4.69) is 22.3 Å². The molecule has 8 heteroatoms. The molecule has 1 aliphatic rings. The summed E-state index contributed by atoms with van der Waals surface area (Å²) in [5, 5.41) is 7.90. The zero-order valence-corrected chi connectivity index (χ0v) is 13.9. The Morgan fingerprint density at radius 2 is 2.19 bits per heavy atom. The maximum absolute atomic E-state index is 11.7. The molecule has 0 radical (unpaired) electrons. The van der Waals surface area contributed by atoms with Crippen LogP contribution in [0.5, 0.6) is 0 Å². The minimum absolute atomic E-state index is 0.189. The van der Waals surface area contributed by atoms with Crippen molar-refractivity contribution < 1.29 is 8.42 Å². The number of nitrogens with zero attached hydrogens (tertiary/aromatic N) is 4. The maximum atomic E-state index is 11.7. The van der Waals surface area contributed by atoms with Crippen molar-refractivity contribution in [1.29, 1.82) is 0 Å². The summed E-state index contributed by atoms with van der Waals surface area (Å²) >= 11 is 0. The third-order valence-electron chi connectivity index (χ3n) is 3.79. The van der Waals surface area contributed by atoms with Gasteiger partial charge in [0.15, 0.2) is 5.82 Å². The predicted molar refractivity (Wildman–Crippen MR) is 81.6 cm³/mol. The van der Waals surface area contributed by atoms with Gasteiger partial charge in [-0.2, -0.15) is 5.10 Å². The Hall–Kier alpha value is -0.990. The van der Waals surface area contributed by atoms with Crippen LogP contribution in [0.15, 0.2) is 0 Å². The first kappa shape index (κ1) is 16.4. The van der Waals surface area contributed by atoms with Gasteiger partial charge in [-0.3, -0.25) is 0 Å². The first-order chi connectivity index (χ1) is 9.92. The highest BCUT2D eigenvalue weighted by atomic mass is 32.2. The predicted octanol–water partition coefficient (Wildman–Crippen LogP) is 0.0264. The summed E-state index contributed by atoms with van der Waals surface area (Å²) in [7, 11) is 0.0577. The molecule has 1 N–H and O–H groups in total. The van der Waals surface area contributed by atoms with Gasteiger partial charge in [0.2, 0.25) is 10.0 Å². The molecule has 2 rings (SSSR count). The van der Waals surface area contributed by atoms with Crippen molar-refractivity contribution in [1.82, 2.24) is 24.4 Å². The van der Waals surface area contributed by atoms with Gasteiger partial charge in [0.1, 0.15) is 5.82 Å². The summed E-state index contributed by atoms with van der Waals surface area (Å²) in [6.45, 7) is 3.59. The SMILES string of the molecule is CCc1nc2n(n1)CC(NCCCS(=O)(=O)N(C)C)CC2. The smallest absolute Gasteiger partial charge is 0.213 e. The summed E-state index contributed by atoms with van der Waals surface area (Å²) in [6.07, 6.45) is 3.45.